The summed E-state index contributed by atoms with van der Waals surface area (Å²) in [6, 6.07) is 5.62. The van der Waals surface area contributed by atoms with Gasteiger partial charge in [0.05, 0.1) is 27.5 Å². The quantitative estimate of drug-likeness (QED) is 0.652. The number of thioether (sulfide) groups is 1. The minimum absolute atomic E-state index is 0.0336. The highest BCUT2D eigenvalue weighted by Gasteiger charge is 2.38. The van der Waals surface area contributed by atoms with E-state index in [1.54, 1.807) is 11.3 Å². The molecule has 1 aliphatic carbocycles. The lowest BCUT2D eigenvalue weighted by Gasteiger charge is -2.34. The third-order valence-electron chi connectivity index (χ3n) is 5.26. The number of rotatable bonds is 5. The molecule has 146 valence electrons. The molecule has 1 saturated carbocycles. The summed E-state index contributed by atoms with van der Waals surface area (Å²) >= 11 is 8.99. The molecule has 5 nitrogen and oxygen atoms in total. The lowest BCUT2D eigenvalue weighted by Crippen LogP contribution is -2.47. The van der Waals surface area contributed by atoms with Crippen LogP contribution in [-0.4, -0.2) is 53.6 Å². The van der Waals surface area contributed by atoms with E-state index in [0.717, 1.165) is 40.2 Å². The summed E-state index contributed by atoms with van der Waals surface area (Å²) < 4.78 is 25.7. The van der Waals surface area contributed by atoms with Crippen LogP contribution in [0.25, 0.3) is 10.2 Å². The lowest BCUT2D eigenvalue weighted by molar-refractivity contribution is -0.132. The number of aromatic nitrogens is 1. The first kappa shape index (κ1) is 19.5. The molecule has 0 unspecified atom stereocenters. The molecular formula is C18H21ClN2O3S3. The number of halogens is 1. The molecule has 1 atom stereocenters. The zero-order valence-corrected chi connectivity index (χ0v) is 18.0. The Morgan fingerprint density at radius 3 is 2.74 bits per heavy atom. The Morgan fingerprint density at radius 1 is 1.26 bits per heavy atom. The van der Waals surface area contributed by atoms with Crippen LogP contribution in [0.4, 0.5) is 0 Å². The molecule has 2 aromatic rings. The number of carbonyl (C=O) groups is 1. The summed E-state index contributed by atoms with van der Waals surface area (Å²) in [6.07, 6.45) is 4.74. The van der Waals surface area contributed by atoms with Crippen molar-refractivity contribution in [2.24, 2.45) is 0 Å². The molecule has 4 rings (SSSR count). The van der Waals surface area contributed by atoms with E-state index < -0.39 is 9.84 Å². The fraction of sp³-hybridized carbons (Fsp3) is 0.556. The second-order valence-corrected chi connectivity index (χ2v) is 12.1. The van der Waals surface area contributed by atoms with Crippen molar-refractivity contribution in [2.45, 2.75) is 48.5 Å². The number of fused-ring (bicyclic) bond motifs is 1. The van der Waals surface area contributed by atoms with Gasteiger partial charge in [0.15, 0.2) is 14.2 Å². The predicted molar refractivity (Wildman–Crippen MR) is 112 cm³/mol. The Labute approximate surface area is 172 Å². The molecule has 9 heteroatoms. The topological polar surface area (TPSA) is 67.3 Å². The molecule has 0 radical (unpaired) electrons. The maximum Gasteiger partial charge on any atom is 0.233 e. The van der Waals surface area contributed by atoms with Gasteiger partial charge in [0, 0.05) is 17.1 Å². The minimum atomic E-state index is -3.02. The second-order valence-electron chi connectivity index (χ2n) is 7.18. The van der Waals surface area contributed by atoms with Gasteiger partial charge >= 0.3 is 0 Å². The SMILES string of the molecule is O=C(CSc1nc2cc(Cl)ccc2s1)N(C1CCCC1)[C@H]1CCS(=O)(=O)C1. The molecule has 27 heavy (non-hydrogen) atoms. The number of benzene rings is 1. The van der Waals surface area contributed by atoms with Crippen molar-refractivity contribution in [1.29, 1.82) is 0 Å². The molecule has 1 aromatic carbocycles. The van der Waals surface area contributed by atoms with E-state index >= 15 is 0 Å². The largest absolute Gasteiger partial charge is 0.335 e. The Balaban J connectivity index is 1.47. The molecule has 2 aliphatic rings. The highest BCUT2D eigenvalue weighted by molar-refractivity contribution is 8.01. The van der Waals surface area contributed by atoms with E-state index in [0.29, 0.717) is 17.2 Å². The molecule has 2 fully saturated rings. The molecule has 1 aliphatic heterocycles. The van der Waals surface area contributed by atoms with Crippen LogP contribution < -0.4 is 0 Å². The Kier molecular flexibility index (Phi) is 5.69. The normalized spacial score (nSPS) is 22.5. The molecular weight excluding hydrogens is 424 g/mol. The number of amides is 1. The first-order chi connectivity index (χ1) is 12.9. The van der Waals surface area contributed by atoms with Crippen molar-refractivity contribution in [3.63, 3.8) is 0 Å². The minimum Gasteiger partial charge on any atom is -0.335 e. The van der Waals surface area contributed by atoms with Crippen LogP contribution in [0.15, 0.2) is 22.5 Å². The molecule has 0 bridgehead atoms. The molecule has 1 saturated heterocycles. The van der Waals surface area contributed by atoms with Gasteiger partial charge in [-0.1, -0.05) is 36.2 Å². The van der Waals surface area contributed by atoms with E-state index in [9.17, 15) is 13.2 Å². The number of hydrogen-bond acceptors (Lipinski definition) is 6. The van der Waals surface area contributed by atoms with Gasteiger partial charge in [-0.25, -0.2) is 13.4 Å². The summed E-state index contributed by atoms with van der Waals surface area (Å²) in [6.45, 7) is 0. The van der Waals surface area contributed by atoms with Gasteiger partial charge in [-0.05, 0) is 37.5 Å². The number of carbonyl (C=O) groups excluding carboxylic acids is 1. The fourth-order valence-corrected chi connectivity index (χ4v) is 7.82. The first-order valence-corrected chi connectivity index (χ1v) is 13.1. The van der Waals surface area contributed by atoms with Gasteiger partial charge in [-0.2, -0.15) is 0 Å². The van der Waals surface area contributed by atoms with Gasteiger partial charge in [-0.15, -0.1) is 11.3 Å². The second kappa shape index (κ2) is 7.89. The van der Waals surface area contributed by atoms with Gasteiger partial charge in [0.1, 0.15) is 0 Å². The summed E-state index contributed by atoms with van der Waals surface area (Å²) in [5, 5.41) is 0.648. The van der Waals surface area contributed by atoms with Crippen LogP contribution in [0.1, 0.15) is 32.1 Å². The average molecular weight is 445 g/mol. The lowest BCUT2D eigenvalue weighted by atomic mass is 10.1. The maximum absolute atomic E-state index is 13.0. The Bertz CT molecular complexity index is 954. The summed E-state index contributed by atoms with van der Waals surface area (Å²) in [4.78, 5) is 19.5. The number of nitrogens with zero attached hydrogens (tertiary/aromatic N) is 2. The van der Waals surface area contributed by atoms with Gasteiger partial charge in [-0.3, -0.25) is 4.79 Å². The zero-order chi connectivity index (χ0) is 19.0. The standard InChI is InChI=1S/C18H21ClN2O3S3/c19-12-5-6-16-15(9-12)20-18(26-16)25-10-17(22)21(13-3-1-2-4-13)14-7-8-27(23,24)11-14/h5-6,9,13-14H,1-4,7-8,10-11H2/t14-/m0/s1. The van der Waals surface area contributed by atoms with Crippen LogP contribution in [0, 0.1) is 0 Å². The number of hydrogen-bond donors (Lipinski definition) is 0. The fourth-order valence-electron chi connectivity index (χ4n) is 4.02. The first-order valence-electron chi connectivity index (χ1n) is 9.12. The molecule has 0 N–H and O–H groups in total. The molecule has 1 amide bonds. The highest BCUT2D eigenvalue weighted by Crippen LogP contribution is 2.33. The monoisotopic (exact) mass is 444 g/mol. The van der Waals surface area contributed by atoms with Crippen molar-refractivity contribution in [1.82, 2.24) is 9.88 Å². The van der Waals surface area contributed by atoms with E-state index in [2.05, 4.69) is 4.98 Å². The van der Waals surface area contributed by atoms with Crippen molar-refractivity contribution in [2.75, 3.05) is 17.3 Å². The van der Waals surface area contributed by atoms with Gasteiger partial charge in [0.25, 0.3) is 0 Å². The van der Waals surface area contributed by atoms with E-state index in [4.69, 9.17) is 11.6 Å². The van der Waals surface area contributed by atoms with Crippen LogP contribution in [0.5, 0.6) is 0 Å². The van der Waals surface area contributed by atoms with E-state index in [-0.39, 0.29) is 29.5 Å². The van der Waals surface area contributed by atoms with Crippen LogP contribution in [-0.2, 0) is 14.6 Å². The zero-order valence-electron chi connectivity index (χ0n) is 14.8. The molecule has 2 heterocycles. The smallest absolute Gasteiger partial charge is 0.233 e. The van der Waals surface area contributed by atoms with E-state index in [1.807, 2.05) is 23.1 Å². The Morgan fingerprint density at radius 2 is 2.04 bits per heavy atom. The molecule has 1 aromatic heterocycles. The van der Waals surface area contributed by atoms with Gasteiger partial charge < -0.3 is 4.90 Å². The van der Waals surface area contributed by atoms with Crippen molar-refractivity contribution < 1.29 is 13.2 Å². The summed E-state index contributed by atoms with van der Waals surface area (Å²) in [7, 11) is -3.02. The Hall–Kier alpha value is -0.830. The van der Waals surface area contributed by atoms with Crippen LogP contribution >= 0.6 is 34.7 Å². The summed E-state index contributed by atoms with van der Waals surface area (Å²) in [5.41, 5.74) is 0.844. The third-order valence-corrected chi connectivity index (χ3v) is 9.41. The van der Waals surface area contributed by atoms with Crippen LogP contribution in [0.3, 0.4) is 0 Å². The maximum atomic E-state index is 13.0. The predicted octanol–water partition coefficient (Wildman–Crippen LogP) is 4.00. The van der Waals surface area contributed by atoms with E-state index in [1.165, 1.54) is 11.8 Å². The van der Waals surface area contributed by atoms with Gasteiger partial charge in [0.2, 0.25) is 5.91 Å². The van der Waals surface area contributed by atoms with Crippen LogP contribution in [0.2, 0.25) is 5.02 Å². The average Bonchev–Trinajstić information content (AvgIpc) is 3.33. The number of thiazole rings is 1. The number of sulfone groups is 1. The highest BCUT2D eigenvalue weighted by atomic mass is 35.5. The third kappa shape index (κ3) is 4.44. The summed E-state index contributed by atoms with van der Waals surface area (Å²) in [5.74, 6) is 0.631. The van der Waals surface area contributed by atoms with Crippen molar-refractivity contribution in [3.8, 4) is 0 Å². The van der Waals surface area contributed by atoms with Crippen molar-refractivity contribution >= 4 is 60.7 Å². The van der Waals surface area contributed by atoms with Crippen molar-refractivity contribution in [3.05, 3.63) is 23.2 Å². The molecule has 0 spiro atoms.